The zero-order valence-corrected chi connectivity index (χ0v) is 9.86. The highest BCUT2D eigenvalue weighted by molar-refractivity contribution is 5.86. The van der Waals surface area contributed by atoms with Gasteiger partial charge in [-0.1, -0.05) is 12.1 Å². The topological polar surface area (TPSA) is 91.8 Å². The second kappa shape index (κ2) is 4.17. The molecule has 0 spiro atoms. The van der Waals surface area contributed by atoms with Crippen LogP contribution >= 0.6 is 0 Å². The molecule has 1 heterocycles. The molecule has 6 heteroatoms. The molecule has 2 rings (SSSR count). The van der Waals surface area contributed by atoms with Gasteiger partial charge >= 0.3 is 0 Å². The summed E-state index contributed by atoms with van der Waals surface area (Å²) in [6, 6.07) is 2.11. The Hall–Kier alpha value is -1.90. The predicted octanol–water partition coefficient (Wildman–Crippen LogP) is 0.934. The highest BCUT2D eigenvalue weighted by atomic mass is 16.5. The van der Waals surface area contributed by atoms with Gasteiger partial charge < -0.3 is 9.84 Å². The van der Waals surface area contributed by atoms with Crippen molar-refractivity contribution >= 4 is 5.91 Å². The van der Waals surface area contributed by atoms with Crippen LogP contribution in [0.1, 0.15) is 31.5 Å². The average molecular weight is 234 g/mol. The van der Waals surface area contributed by atoms with E-state index in [-0.39, 0.29) is 12.5 Å². The fourth-order valence-electron chi connectivity index (χ4n) is 2.19. The Morgan fingerprint density at radius 3 is 2.88 bits per heavy atom. The van der Waals surface area contributed by atoms with E-state index in [4.69, 9.17) is 9.78 Å². The number of nitrogens with one attached hydrogen (secondary N) is 1. The number of nitriles is 1. The number of hydrogen-bond donors (Lipinski definition) is 1. The van der Waals surface area contributed by atoms with E-state index in [0.717, 1.165) is 0 Å². The minimum Gasteiger partial charge on any atom is -0.346 e. The van der Waals surface area contributed by atoms with Crippen LogP contribution in [0.15, 0.2) is 4.52 Å². The molecule has 17 heavy (non-hydrogen) atoms. The molecule has 1 aromatic rings. The van der Waals surface area contributed by atoms with Crippen LogP contribution in [0.2, 0.25) is 0 Å². The molecule has 1 aromatic heterocycles. The Morgan fingerprint density at radius 2 is 2.41 bits per heavy atom. The summed E-state index contributed by atoms with van der Waals surface area (Å²) in [4.78, 5) is 15.9. The largest absolute Gasteiger partial charge is 0.346 e. The van der Waals surface area contributed by atoms with Crippen molar-refractivity contribution in [3.05, 3.63) is 11.7 Å². The minimum absolute atomic E-state index is 0.178. The molecule has 0 aliphatic heterocycles. The SMILES string of the molecule is Cc1noc(CNC(=O)C2(C#N)CC(C)C2)n1. The van der Waals surface area contributed by atoms with Gasteiger partial charge in [-0.05, 0) is 25.7 Å². The van der Waals surface area contributed by atoms with E-state index < -0.39 is 5.41 Å². The number of amides is 1. The van der Waals surface area contributed by atoms with Crippen molar-refractivity contribution < 1.29 is 9.32 Å². The summed E-state index contributed by atoms with van der Waals surface area (Å²) in [5, 5.41) is 15.4. The third-order valence-corrected chi connectivity index (χ3v) is 3.01. The third-order valence-electron chi connectivity index (χ3n) is 3.01. The lowest BCUT2D eigenvalue weighted by molar-refractivity contribution is -0.134. The van der Waals surface area contributed by atoms with Gasteiger partial charge in [0, 0.05) is 0 Å². The molecule has 1 fully saturated rings. The Balaban J connectivity index is 1.92. The molecule has 0 bridgehead atoms. The maximum absolute atomic E-state index is 11.9. The number of aryl methyl sites for hydroxylation is 1. The maximum atomic E-state index is 11.9. The Bertz CT molecular complexity index is 468. The summed E-state index contributed by atoms with van der Waals surface area (Å²) in [5.41, 5.74) is -0.853. The lowest BCUT2D eigenvalue weighted by Crippen LogP contribution is -2.47. The van der Waals surface area contributed by atoms with Crippen LogP contribution in [0.5, 0.6) is 0 Å². The van der Waals surface area contributed by atoms with Gasteiger partial charge in [0.1, 0.15) is 5.41 Å². The van der Waals surface area contributed by atoms with Crippen LogP contribution in [0, 0.1) is 29.6 Å². The second-order valence-corrected chi connectivity index (χ2v) is 4.63. The van der Waals surface area contributed by atoms with Gasteiger partial charge in [-0.15, -0.1) is 0 Å². The summed E-state index contributed by atoms with van der Waals surface area (Å²) in [7, 11) is 0. The van der Waals surface area contributed by atoms with E-state index in [0.29, 0.717) is 30.5 Å². The first kappa shape index (κ1) is 11.6. The fraction of sp³-hybridized carbons (Fsp3) is 0.636. The number of nitrogens with zero attached hydrogens (tertiary/aromatic N) is 3. The first-order valence-electron chi connectivity index (χ1n) is 5.54. The first-order valence-corrected chi connectivity index (χ1v) is 5.54. The summed E-state index contributed by atoms with van der Waals surface area (Å²) in [5.74, 6) is 1.08. The van der Waals surface area contributed by atoms with Crippen molar-refractivity contribution in [2.75, 3.05) is 0 Å². The Kier molecular flexibility index (Phi) is 2.84. The van der Waals surface area contributed by atoms with E-state index >= 15 is 0 Å². The number of rotatable bonds is 3. The van der Waals surface area contributed by atoms with E-state index in [9.17, 15) is 4.79 Å². The highest BCUT2D eigenvalue weighted by Crippen LogP contribution is 2.45. The molecule has 1 aliphatic carbocycles. The highest BCUT2D eigenvalue weighted by Gasteiger charge is 2.48. The molecule has 0 radical (unpaired) electrons. The number of aromatic nitrogens is 2. The Labute approximate surface area is 99.0 Å². The molecular formula is C11H14N4O2. The molecule has 1 amide bonds. The van der Waals surface area contributed by atoms with Gasteiger partial charge in [0.2, 0.25) is 11.8 Å². The standard InChI is InChI=1S/C11H14N4O2/c1-7-3-11(4-7,6-12)10(16)13-5-9-14-8(2)15-17-9/h7H,3-5H2,1-2H3,(H,13,16). The van der Waals surface area contributed by atoms with Crippen molar-refractivity contribution in [2.24, 2.45) is 11.3 Å². The van der Waals surface area contributed by atoms with Gasteiger partial charge in [-0.25, -0.2) is 0 Å². The smallest absolute Gasteiger partial charge is 0.246 e. The van der Waals surface area contributed by atoms with Gasteiger partial charge in [0.25, 0.3) is 0 Å². The van der Waals surface area contributed by atoms with Gasteiger partial charge in [0.15, 0.2) is 5.82 Å². The van der Waals surface area contributed by atoms with Crippen molar-refractivity contribution in [3.8, 4) is 6.07 Å². The summed E-state index contributed by atoms with van der Waals surface area (Å²) in [6.07, 6.45) is 1.25. The van der Waals surface area contributed by atoms with Gasteiger partial charge in [-0.2, -0.15) is 10.2 Å². The number of hydrogen-bond acceptors (Lipinski definition) is 5. The lowest BCUT2D eigenvalue weighted by Gasteiger charge is -2.39. The quantitative estimate of drug-likeness (QED) is 0.840. The molecule has 0 atom stereocenters. The van der Waals surface area contributed by atoms with Gasteiger partial charge in [-0.3, -0.25) is 4.79 Å². The monoisotopic (exact) mass is 234 g/mol. The molecule has 6 nitrogen and oxygen atoms in total. The second-order valence-electron chi connectivity index (χ2n) is 4.63. The van der Waals surface area contributed by atoms with Crippen molar-refractivity contribution in [3.63, 3.8) is 0 Å². The molecule has 0 unspecified atom stereocenters. The number of carbonyl (C=O) groups is 1. The van der Waals surface area contributed by atoms with Crippen LogP contribution < -0.4 is 5.32 Å². The molecular weight excluding hydrogens is 220 g/mol. The van der Waals surface area contributed by atoms with Crippen LogP contribution in [0.4, 0.5) is 0 Å². The van der Waals surface area contributed by atoms with Crippen LogP contribution in [-0.2, 0) is 11.3 Å². The predicted molar refractivity (Wildman–Crippen MR) is 57.3 cm³/mol. The molecule has 1 aliphatic rings. The average Bonchev–Trinajstić information content (AvgIpc) is 2.67. The fourth-order valence-corrected chi connectivity index (χ4v) is 2.19. The van der Waals surface area contributed by atoms with E-state index in [2.05, 4.69) is 21.5 Å². The molecule has 0 aromatic carbocycles. The van der Waals surface area contributed by atoms with E-state index in [1.807, 2.05) is 6.92 Å². The molecule has 1 saturated carbocycles. The summed E-state index contributed by atoms with van der Waals surface area (Å²) in [6.45, 7) is 3.92. The van der Waals surface area contributed by atoms with Crippen LogP contribution in [-0.4, -0.2) is 16.0 Å². The summed E-state index contributed by atoms with van der Waals surface area (Å²) >= 11 is 0. The van der Waals surface area contributed by atoms with Crippen molar-refractivity contribution in [1.29, 1.82) is 5.26 Å². The maximum Gasteiger partial charge on any atom is 0.246 e. The van der Waals surface area contributed by atoms with E-state index in [1.54, 1.807) is 6.92 Å². The van der Waals surface area contributed by atoms with Gasteiger partial charge in [0.05, 0.1) is 12.6 Å². The normalized spacial score (nSPS) is 27.0. The number of carbonyl (C=O) groups excluding carboxylic acids is 1. The van der Waals surface area contributed by atoms with Crippen LogP contribution in [0.3, 0.4) is 0 Å². The van der Waals surface area contributed by atoms with E-state index in [1.165, 1.54) is 0 Å². The first-order chi connectivity index (χ1) is 8.05. The Morgan fingerprint density at radius 1 is 1.71 bits per heavy atom. The van der Waals surface area contributed by atoms with Crippen LogP contribution in [0.25, 0.3) is 0 Å². The molecule has 90 valence electrons. The third kappa shape index (κ3) is 2.13. The van der Waals surface area contributed by atoms with Crippen molar-refractivity contribution in [1.82, 2.24) is 15.5 Å². The summed E-state index contributed by atoms with van der Waals surface area (Å²) < 4.78 is 4.88. The molecule has 0 saturated heterocycles. The zero-order valence-electron chi connectivity index (χ0n) is 9.86. The minimum atomic E-state index is -0.853. The van der Waals surface area contributed by atoms with Crippen molar-refractivity contribution in [2.45, 2.75) is 33.2 Å². The zero-order chi connectivity index (χ0) is 12.5. The molecule has 1 N–H and O–H groups in total. The lowest BCUT2D eigenvalue weighted by atomic mass is 9.63.